The van der Waals surface area contributed by atoms with Crippen molar-refractivity contribution in [2.24, 2.45) is 11.8 Å². The minimum absolute atomic E-state index is 0.115. The number of benzene rings is 1. The summed E-state index contributed by atoms with van der Waals surface area (Å²) in [6.45, 7) is 1.75. The molecule has 2 saturated carbocycles. The molecular formula is C14H20N2O2S. The zero-order valence-electron chi connectivity index (χ0n) is 11.1. The predicted molar refractivity (Wildman–Crippen MR) is 75.1 cm³/mol. The topological polar surface area (TPSA) is 72.2 Å². The van der Waals surface area contributed by atoms with Crippen molar-refractivity contribution in [2.75, 3.05) is 5.73 Å². The van der Waals surface area contributed by atoms with Gasteiger partial charge >= 0.3 is 0 Å². The van der Waals surface area contributed by atoms with Gasteiger partial charge in [-0.25, -0.2) is 13.1 Å². The van der Waals surface area contributed by atoms with E-state index in [1.807, 2.05) is 0 Å². The van der Waals surface area contributed by atoms with E-state index in [9.17, 15) is 8.42 Å². The summed E-state index contributed by atoms with van der Waals surface area (Å²) in [6, 6.07) is 5.16. The first kappa shape index (κ1) is 12.9. The van der Waals surface area contributed by atoms with Gasteiger partial charge in [0.2, 0.25) is 10.0 Å². The molecule has 0 saturated heterocycles. The number of hydrogen-bond acceptors (Lipinski definition) is 3. The Bertz CT molecular complexity index is 597. The lowest BCUT2D eigenvalue weighted by molar-refractivity contribution is 0.390. The van der Waals surface area contributed by atoms with Crippen LogP contribution in [0.2, 0.25) is 0 Å². The van der Waals surface area contributed by atoms with Crippen LogP contribution in [0.4, 0.5) is 5.69 Å². The van der Waals surface area contributed by atoms with E-state index in [-0.39, 0.29) is 6.04 Å². The second-order valence-corrected chi connectivity index (χ2v) is 7.56. The first-order valence-electron chi connectivity index (χ1n) is 6.85. The van der Waals surface area contributed by atoms with Gasteiger partial charge < -0.3 is 5.73 Å². The molecule has 0 aliphatic heterocycles. The van der Waals surface area contributed by atoms with Gasteiger partial charge in [-0.15, -0.1) is 0 Å². The third-order valence-corrected chi connectivity index (χ3v) is 6.29. The van der Waals surface area contributed by atoms with E-state index in [0.29, 0.717) is 22.1 Å². The van der Waals surface area contributed by atoms with Gasteiger partial charge in [-0.1, -0.05) is 12.5 Å². The van der Waals surface area contributed by atoms with Gasteiger partial charge in [0.1, 0.15) is 0 Å². The van der Waals surface area contributed by atoms with Crippen molar-refractivity contribution in [1.29, 1.82) is 0 Å². The van der Waals surface area contributed by atoms with Gasteiger partial charge in [-0.3, -0.25) is 0 Å². The lowest BCUT2D eigenvalue weighted by atomic mass is 9.96. The molecule has 104 valence electrons. The van der Waals surface area contributed by atoms with Gasteiger partial charge in [0.25, 0.3) is 0 Å². The summed E-state index contributed by atoms with van der Waals surface area (Å²) in [7, 11) is -3.45. The van der Waals surface area contributed by atoms with Crippen LogP contribution in [0.25, 0.3) is 0 Å². The van der Waals surface area contributed by atoms with Gasteiger partial charge in [-0.05, 0) is 55.7 Å². The molecule has 19 heavy (non-hydrogen) atoms. The Kier molecular flexibility index (Phi) is 3.06. The standard InChI is InChI=1S/C14H20N2O2S/c1-9-12(15)3-2-4-14(9)19(17,18)16-13-8-10-5-6-11(13)7-10/h2-4,10-11,13,16H,5-8,15H2,1H3. The molecule has 2 bridgehead atoms. The number of rotatable bonds is 3. The number of sulfonamides is 1. The Labute approximate surface area is 114 Å². The maximum atomic E-state index is 12.5. The Hall–Kier alpha value is -1.07. The van der Waals surface area contributed by atoms with Gasteiger partial charge in [0, 0.05) is 11.7 Å². The van der Waals surface area contributed by atoms with Crippen LogP contribution in [-0.2, 0) is 10.0 Å². The summed E-state index contributed by atoms with van der Waals surface area (Å²) in [6.07, 6.45) is 4.60. The van der Waals surface area contributed by atoms with E-state index in [4.69, 9.17) is 5.73 Å². The maximum Gasteiger partial charge on any atom is 0.241 e. The number of nitrogen functional groups attached to an aromatic ring is 1. The smallest absolute Gasteiger partial charge is 0.241 e. The Morgan fingerprint density at radius 2 is 2.05 bits per heavy atom. The maximum absolute atomic E-state index is 12.5. The van der Waals surface area contributed by atoms with E-state index in [1.165, 1.54) is 12.8 Å². The van der Waals surface area contributed by atoms with Crippen LogP contribution in [-0.4, -0.2) is 14.5 Å². The lowest BCUT2D eigenvalue weighted by Gasteiger charge is -2.23. The third-order valence-electron chi connectivity index (χ3n) is 4.66. The van der Waals surface area contributed by atoms with Crippen LogP contribution in [0.3, 0.4) is 0 Å². The first-order valence-corrected chi connectivity index (χ1v) is 8.33. The normalized spacial score (nSPS) is 29.8. The highest BCUT2D eigenvalue weighted by Crippen LogP contribution is 2.44. The summed E-state index contributed by atoms with van der Waals surface area (Å²) in [5.74, 6) is 1.25. The molecule has 4 nitrogen and oxygen atoms in total. The average molecular weight is 280 g/mol. The molecule has 0 radical (unpaired) electrons. The fraction of sp³-hybridized carbons (Fsp3) is 0.571. The Balaban J connectivity index is 1.85. The van der Waals surface area contributed by atoms with Crippen molar-refractivity contribution in [2.45, 2.75) is 43.5 Å². The molecule has 0 heterocycles. The minimum atomic E-state index is -3.45. The zero-order valence-corrected chi connectivity index (χ0v) is 11.9. The average Bonchev–Trinajstić information content (AvgIpc) is 2.93. The fourth-order valence-electron chi connectivity index (χ4n) is 3.57. The van der Waals surface area contributed by atoms with Crippen molar-refractivity contribution >= 4 is 15.7 Å². The highest BCUT2D eigenvalue weighted by molar-refractivity contribution is 7.89. The number of nitrogens with one attached hydrogen (secondary N) is 1. The van der Waals surface area contributed by atoms with Crippen molar-refractivity contribution in [3.05, 3.63) is 23.8 Å². The minimum Gasteiger partial charge on any atom is -0.398 e. The van der Waals surface area contributed by atoms with Crippen LogP contribution in [0.1, 0.15) is 31.2 Å². The van der Waals surface area contributed by atoms with Crippen LogP contribution in [0.5, 0.6) is 0 Å². The summed E-state index contributed by atoms with van der Waals surface area (Å²) >= 11 is 0. The van der Waals surface area contributed by atoms with Crippen LogP contribution >= 0.6 is 0 Å². The molecule has 5 heteroatoms. The molecule has 0 amide bonds. The highest BCUT2D eigenvalue weighted by Gasteiger charge is 2.41. The van der Waals surface area contributed by atoms with Crippen molar-refractivity contribution in [3.63, 3.8) is 0 Å². The predicted octanol–water partition coefficient (Wildman–Crippen LogP) is 2.04. The van der Waals surface area contributed by atoms with Crippen LogP contribution in [0, 0.1) is 18.8 Å². The molecule has 3 atom stereocenters. The largest absolute Gasteiger partial charge is 0.398 e. The molecule has 1 aromatic rings. The quantitative estimate of drug-likeness (QED) is 0.832. The summed E-state index contributed by atoms with van der Waals surface area (Å²) in [4.78, 5) is 0.315. The molecule has 2 fully saturated rings. The van der Waals surface area contributed by atoms with E-state index in [1.54, 1.807) is 25.1 Å². The van der Waals surface area contributed by atoms with Crippen LogP contribution < -0.4 is 10.5 Å². The lowest BCUT2D eigenvalue weighted by Crippen LogP contribution is -2.38. The van der Waals surface area contributed by atoms with Gasteiger partial charge in [0.15, 0.2) is 0 Å². The summed E-state index contributed by atoms with van der Waals surface area (Å²) in [5.41, 5.74) is 6.95. The monoisotopic (exact) mass is 280 g/mol. The second-order valence-electron chi connectivity index (χ2n) is 5.87. The highest BCUT2D eigenvalue weighted by atomic mass is 32.2. The number of hydrogen-bond donors (Lipinski definition) is 2. The third kappa shape index (κ3) is 2.25. The second kappa shape index (κ2) is 4.49. The van der Waals surface area contributed by atoms with Gasteiger partial charge in [-0.2, -0.15) is 0 Å². The molecule has 1 aromatic carbocycles. The first-order chi connectivity index (χ1) is 8.97. The fourth-order valence-corrected chi connectivity index (χ4v) is 5.17. The van der Waals surface area contributed by atoms with E-state index >= 15 is 0 Å². The SMILES string of the molecule is Cc1c(N)cccc1S(=O)(=O)NC1CC2CCC1C2. The van der Waals surface area contributed by atoms with E-state index in [0.717, 1.165) is 18.8 Å². The van der Waals surface area contributed by atoms with Crippen LogP contribution in [0.15, 0.2) is 23.1 Å². The Morgan fingerprint density at radius 1 is 1.26 bits per heavy atom. The molecular weight excluding hydrogens is 260 g/mol. The van der Waals surface area contributed by atoms with Crippen molar-refractivity contribution < 1.29 is 8.42 Å². The van der Waals surface area contributed by atoms with Gasteiger partial charge in [0.05, 0.1) is 4.90 Å². The van der Waals surface area contributed by atoms with Crippen molar-refractivity contribution in [1.82, 2.24) is 4.72 Å². The molecule has 3 N–H and O–H groups in total. The van der Waals surface area contributed by atoms with E-state index in [2.05, 4.69) is 4.72 Å². The molecule has 2 aliphatic rings. The Morgan fingerprint density at radius 3 is 2.68 bits per heavy atom. The van der Waals surface area contributed by atoms with Crippen molar-refractivity contribution in [3.8, 4) is 0 Å². The van der Waals surface area contributed by atoms with E-state index < -0.39 is 10.0 Å². The summed E-state index contributed by atoms with van der Waals surface area (Å²) < 4.78 is 27.8. The molecule has 3 unspecified atom stereocenters. The molecule has 0 spiro atoms. The summed E-state index contributed by atoms with van der Waals surface area (Å²) in [5, 5.41) is 0. The molecule has 2 aliphatic carbocycles. The number of fused-ring (bicyclic) bond motifs is 2. The zero-order chi connectivity index (χ0) is 13.6. The molecule has 3 rings (SSSR count). The number of anilines is 1. The molecule has 0 aromatic heterocycles. The number of nitrogens with two attached hydrogens (primary N) is 1.